The summed E-state index contributed by atoms with van der Waals surface area (Å²) in [4.78, 5) is 4.08. The van der Waals surface area contributed by atoms with Crippen LogP contribution >= 0.6 is 23.2 Å². The lowest BCUT2D eigenvalue weighted by molar-refractivity contribution is 0.546. The van der Waals surface area contributed by atoms with Gasteiger partial charge >= 0.3 is 0 Å². The SMILES string of the molecule is Fc1cc(C=Cc2nc(CCl)co2)ccc1Cl. The maximum atomic E-state index is 13.1. The van der Waals surface area contributed by atoms with E-state index in [2.05, 4.69) is 4.98 Å². The van der Waals surface area contributed by atoms with Crippen LogP contribution in [0.5, 0.6) is 0 Å². The summed E-state index contributed by atoms with van der Waals surface area (Å²) in [5.74, 6) is 0.270. The second kappa shape index (κ2) is 5.34. The highest BCUT2D eigenvalue weighted by Gasteiger charge is 2.00. The van der Waals surface area contributed by atoms with Crippen LogP contribution in [0.1, 0.15) is 17.1 Å². The third kappa shape index (κ3) is 3.08. The molecule has 0 atom stereocenters. The first-order valence-electron chi connectivity index (χ1n) is 4.82. The van der Waals surface area contributed by atoms with Crippen LogP contribution in [0.4, 0.5) is 4.39 Å². The topological polar surface area (TPSA) is 26.0 Å². The number of nitrogens with zero attached hydrogens (tertiary/aromatic N) is 1. The van der Waals surface area contributed by atoms with Gasteiger partial charge in [-0.3, -0.25) is 0 Å². The van der Waals surface area contributed by atoms with Crippen molar-refractivity contribution in [2.75, 3.05) is 0 Å². The van der Waals surface area contributed by atoms with Crippen LogP contribution < -0.4 is 0 Å². The maximum Gasteiger partial charge on any atom is 0.218 e. The lowest BCUT2D eigenvalue weighted by atomic mass is 10.2. The van der Waals surface area contributed by atoms with Gasteiger partial charge < -0.3 is 4.42 Å². The Morgan fingerprint density at radius 1 is 1.35 bits per heavy atom. The summed E-state index contributed by atoms with van der Waals surface area (Å²) < 4.78 is 18.3. The van der Waals surface area contributed by atoms with Gasteiger partial charge in [0.25, 0.3) is 0 Å². The molecule has 0 spiro atoms. The van der Waals surface area contributed by atoms with Crippen LogP contribution in [0.3, 0.4) is 0 Å². The molecule has 0 fully saturated rings. The fraction of sp³-hybridized carbons (Fsp3) is 0.0833. The highest BCUT2D eigenvalue weighted by atomic mass is 35.5. The van der Waals surface area contributed by atoms with Gasteiger partial charge in [-0.15, -0.1) is 11.6 Å². The number of aromatic nitrogens is 1. The molecule has 5 heteroatoms. The molecule has 2 nitrogen and oxygen atoms in total. The molecule has 0 amide bonds. The Kier molecular flexibility index (Phi) is 3.82. The van der Waals surface area contributed by atoms with Crippen LogP contribution in [-0.2, 0) is 5.88 Å². The zero-order valence-electron chi connectivity index (χ0n) is 8.66. The molecule has 0 saturated carbocycles. The molecule has 1 aromatic carbocycles. The maximum absolute atomic E-state index is 13.1. The van der Waals surface area contributed by atoms with Crippen molar-refractivity contribution >= 4 is 35.4 Å². The Balaban J connectivity index is 2.16. The molecule has 0 unspecified atom stereocenters. The molecule has 17 heavy (non-hydrogen) atoms. The number of halogens is 3. The summed E-state index contributed by atoms with van der Waals surface area (Å²) >= 11 is 11.2. The molecular weight excluding hydrogens is 264 g/mol. The smallest absolute Gasteiger partial charge is 0.218 e. The Morgan fingerprint density at radius 3 is 2.82 bits per heavy atom. The van der Waals surface area contributed by atoms with Gasteiger partial charge in [-0.05, 0) is 23.8 Å². The van der Waals surface area contributed by atoms with Gasteiger partial charge in [-0.1, -0.05) is 17.7 Å². The molecule has 0 N–H and O–H groups in total. The van der Waals surface area contributed by atoms with Crippen LogP contribution in [0.25, 0.3) is 12.2 Å². The zero-order valence-corrected chi connectivity index (χ0v) is 10.2. The Hall–Kier alpha value is -1.32. The summed E-state index contributed by atoms with van der Waals surface area (Å²) in [6, 6.07) is 4.54. The number of hydrogen-bond acceptors (Lipinski definition) is 2. The van der Waals surface area contributed by atoms with Crippen LogP contribution in [0, 0.1) is 5.82 Å². The average molecular weight is 272 g/mol. The van der Waals surface area contributed by atoms with Gasteiger partial charge in [0.2, 0.25) is 5.89 Å². The molecule has 88 valence electrons. The monoisotopic (exact) mass is 271 g/mol. The van der Waals surface area contributed by atoms with Crippen molar-refractivity contribution in [2.45, 2.75) is 5.88 Å². The quantitative estimate of drug-likeness (QED) is 0.775. The van der Waals surface area contributed by atoms with Gasteiger partial charge in [0.05, 0.1) is 16.6 Å². The molecule has 0 bridgehead atoms. The first kappa shape index (κ1) is 12.1. The van der Waals surface area contributed by atoms with E-state index in [-0.39, 0.29) is 5.02 Å². The van der Waals surface area contributed by atoms with Crippen molar-refractivity contribution in [3.63, 3.8) is 0 Å². The summed E-state index contributed by atoms with van der Waals surface area (Å²) in [5.41, 5.74) is 1.34. The first-order valence-corrected chi connectivity index (χ1v) is 5.74. The third-order valence-corrected chi connectivity index (χ3v) is 2.65. The molecule has 0 saturated heterocycles. The molecule has 0 aliphatic carbocycles. The number of alkyl halides is 1. The fourth-order valence-electron chi connectivity index (χ4n) is 1.24. The fourth-order valence-corrected chi connectivity index (χ4v) is 1.48. The number of oxazole rings is 1. The second-order valence-corrected chi connectivity index (χ2v) is 3.99. The molecule has 0 radical (unpaired) electrons. The van der Waals surface area contributed by atoms with Gasteiger partial charge in [0, 0.05) is 6.08 Å². The van der Waals surface area contributed by atoms with Crippen LogP contribution in [-0.4, -0.2) is 4.98 Å². The van der Waals surface area contributed by atoms with Gasteiger partial charge in [-0.2, -0.15) is 0 Å². The van der Waals surface area contributed by atoms with E-state index in [0.29, 0.717) is 23.0 Å². The van der Waals surface area contributed by atoms with E-state index in [1.54, 1.807) is 18.2 Å². The van der Waals surface area contributed by atoms with E-state index in [4.69, 9.17) is 27.6 Å². The van der Waals surface area contributed by atoms with E-state index in [1.165, 1.54) is 18.4 Å². The van der Waals surface area contributed by atoms with Crippen molar-refractivity contribution in [3.05, 3.63) is 52.5 Å². The molecular formula is C12H8Cl2FNO. The van der Waals surface area contributed by atoms with Crippen LogP contribution in [0.15, 0.2) is 28.9 Å². The summed E-state index contributed by atoms with van der Waals surface area (Å²) in [6.07, 6.45) is 4.80. The first-order chi connectivity index (χ1) is 8.19. The molecule has 0 aliphatic heterocycles. The Labute approximate surface area is 108 Å². The minimum absolute atomic E-state index is 0.0997. The largest absolute Gasteiger partial charge is 0.445 e. The number of benzene rings is 1. The van der Waals surface area contributed by atoms with Gasteiger partial charge in [-0.25, -0.2) is 9.37 Å². The standard InChI is InChI=1S/C12H8Cl2FNO/c13-6-9-7-17-12(16-9)4-2-8-1-3-10(14)11(15)5-8/h1-5,7H,6H2. The molecule has 2 rings (SSSR count). The summed E-state index contributed by atoms with van der Waals surface area (Å²) in [6.45, 7) is 0. The van der Waals surface area contributed by atoms with Crippen molar-refractivity contribution in [3.8, 4) is 0 Å². The normalized spacial score (nSPS) is 11.2. The zero-order chi connectivity index (χ0) is 12.3. The van der Waals surface area contributed by atoms with Gasteiger partial charge in [0.15, 0.2) is 0 Å². The Morgan fingerprint density at radius 2 is 2.18 bits per heavy atom. The summed E-state index contributed by atoms with van der Waals surface area (Å²) in [7, 11) is 0. The lowest BCUT2D eigenvalue weighted by Gasteiger charge is -1.95. The predicted octanol–water partition coefficient (Wildman–Crippen LogP) is 4.38. The molecule has 0 aliphatic rings. The van der Waals surface area contributed by atoms with E-state index in [0.717, 1.165) is 0 Å². The molecule has 2 aromatic rings. The highest BCUT2D eigenvalue weighted by Crippen LogP contribution is 2.17. The van der Waals surface area contributed by atoms with Crippen molar-refractivity contribution in [1.82, 2.24) is 4.98 Å². The summed E-state index contributed by atoms with van der Waals surface area (Å²) in [5, 5.41) is 0.0997. The van der Waals surface area contributed by atoms with Crippen molar-refractivity contribution in [1.29, 1.82) is 0 Å². The van der Waals surface area contributed by atoms with Crippen molar-refractivity contribution in [2.24, 2.45) is 0 Å². The number of hydrogen-bond donors (Lipinski definition) is 0. The number of rotatable bonds is 3. The van der Waals surface area contributed by atoms with E-state index in [9.17, 15) is 4.39 Å². The predicted molar refractivity (Wildman–Crippen MR) is 66.4 cm³/mol. The average Bonchev–Trinajstić information content (AvgIpc) is 2.79. The van der Waals surface area contributed by atoms with E-state index < -0.39 is 5.82 Å². The van der Waals surface area contributed by atoms with E-state index in [1.807, 2.05) is 0 Å². The second-order valence-electron chi connectivity index (χ2n) is 3.32. The minimum atomic E-state index is -0.456. The molecule has 1 aromatic heterocycles. The minimum Gasteiger partial charge on any atom is -0.445 e. The third-order valence-electron chi connectivity index (χ3n) is 2.07. The lowest BCUT2D eigenvalue weighted by Crippen LogP contribution is -1.79. The van der Waals surface area contributed by atoms with E-state index >= 15 is 0 Å². The van der Waals surface area contributed by atoms with Gasteiger partial charge in [0.1, 0.15) is 12.1 Å². The van der Waals surface area contributed by atoms with Crippen LogP contribution in [0.2, 0.25) is 5.02 Å². The Bertz CT molecular complexity index is 551. The molecule has 1 heterocycles. The van der Waals surface area contributed by atoms with Crippen molar-refractivity contribution < 1.29 is 8.81 Å². The highest BCUT2D eigenvalue weighted by molar-refractivity contribution is 6.30.